The number of hydrogen-bond acceptors (Lipinski definition) is 4. The molecule has 1 heterocycles. The van der Waals surface area contributed by atoms with Gasteiger partial charge in [-0.2, -0.15) is 0 Å². The molecule has 0 aromatic heterocycles. The van der Waals surface area contributed by atoms with Crippen molar-refractivity contribution in [2.24, 2.45) is 0 Å². The van der Waals surface area contributed by atoms with Gasteiger partial charge in [0.1, 0.15) is 0 Å². The highest BCUT2D eigenvalue weighted by Gasteiger charge is 2.17. The highest BCUT2D eigenvalue weighted by molar-refractivity contribution is 5.77. The SMILES string of the molecule is O=CNNC(=O)CC1OCCCO1. The van der Waals surface area contributed by atoms with Crippen molar-refractivity contribution in [2.75, 3.05) is 13.2 Å². The Bertz CT molecular complexity index is 179. The number of hydrazine groups is 1. The third-order valence-electron chi connectivity index (χ3n) is 1.52. The van der Waals surface area contributed by atoms with Crippen LogP contribution in [0.25, 0.3) is 0 Å². The fourth-order valence-electron chi connectivity index (χ4n) is 0.967. The summed E-state index contributed by atoms with van der Waals surface area (Å²) in [6.07, 6.45) is 0.855. The van der Waals surface area contributed by atoms with Crippen LogP contribution in [0.2, 0.25) is 0 Å². The average molecular weight is 188 g/mol. The number of rotatable bonds is 4. The van der Waals surface area contributed by atoms with Crippen molar-refractivity contribution >= 4 is 12.3 Å². The van der Waals surface area contributed by atoms with E-state index in [1.54, 1.807) is 0 Å². The normalized spacial score (nSPS) is 17.8. The second-order valence-corrected chi connectivity index (χ2v) is 2.54. The molecule has 0 bridgehead atoms. The van der Waals surface area contributed by atoms with Crippen LogP contribution < -0.4 is 10.9 Å². The lowest BCUT2D eigenvalue weighted by Crippen LogP contribution is -2.39. The third-order valence-corrected chi connectivity index (χ3v) is 1.52. The molecular formula is C7H12N2O4. The molecule has 1 rings (SSSR count). The van der Waals surface area contributed by atoms with Gasteiger partial charge in [-0.05, 0) is 6.42 Å². The van der Waals surface area contributed by atoms with Gasteiger partial charge < -0.3 is 9.47 Å². The van der Waals surface area contributed by atoms with Gasteiger partial charge in [0.15, 0.2) is 6.29 Å². The number of hydrogen-bond donors (Lipinski definition) is 2. The van der Waals surface area contributed by atoms with Crippen LogP contribution in [0, 0.1) is 0 Å². The van der Waals surface area contributed by atoms with Gasteiger partial charge in [0, 0.05) is 0 Å². The number of amides is 2. The molecule has 6 nitrogen and oxygen atoms in total. The summed E-state index contributed by atoms with van der Waals surface area (Å²) in [5.74, 6) is -0.334. The van der Waals surface area contributed by atoms with E-state index >= 15 is 0 Å². The van der Waals surface area contributed by atoms with Gasteiger partial charge in [0.25, 0.3) is 0 Å². The first-order valence-corrected chi connectivity index (χ1v) is 4.04. The molecule has 0 atom stereocenters. The van der Waals surface area contributed by atoms with Crippen molar-refractivity contribution in [3.8, 4) is 0 Å². The lowest BCUT2D eigenvalue weighted by atomic mass is 10.3. The summed E-state index contributed by atoms with van der Waals surface area (Å²) in [7, 11) is 0. The molecule has 6 heteroatoms. The van der Waals surface area contributed by atoms with Gasteiger partial charge in [-0.15, -0.1) is 0 Å². The summed E-state index contributed by atoms with van der Waals surface area (Å²) in [5.41, 5.74) is 4.21. The number of carbonyl (C=O) groups excluding carboxylic acids is 2. The van der Waals surface area contributed by atoms with Crippen LogP contribution in [-0.4, -0.2) is 31.8 Å². The molecule has 1 aliphatic rings. The van der Waals surface area contributed by atoms with Crippen LogP contribution in [0.15, 0.2) is 0 Å². The summed E-state index contributed by atoms with van der Waals surface area (Å²) < 4.78 is 10.3. The number of ether oxygens (including phenoxy) is 2. The molecule has 13 heavy (non-hydrogen) atoms. The molecule has 0 radical (unpaired) electrons. The van der Waals surface area contributed by atoms with E-state index in [-0.39, 0.29) is 12.3 Å². The van der Waals surface area contributed by atoms with Crippen LogP contribution in [0.1, 0.15) is 12.8 Å². The van der Waals surface area contributed by atoms with Crippen LogP contribution in [-0.2, 0) is 19.1 Å². The first kappa shape index (κ1) is 9.94. The lowest BCUT2D eigenvalue weighted by Gasteiger charge is -2.22. The van der Waals surface area contributed by atoms with Crippen molar-refractivity contribution in [2.45, 2.75) is 19.1 Å². The maximum Gasteiger partial charge on any atom is 0.243 e. The predicted molar refractivity (Wildman–Crippen MR) is 42.3 cm³/mol. The predicted octanol–water partition coefficient (Wildman–Crippen LogP) is -1.08. The maximum absolute atomic E-state index is 11.0. The molecule has 0 aromatic rings. The molecule has 0 aliphatic carbocycles. The summed E-state index contributed by atoms with van der Waals surface area (Å²) in [4.78, 5) is 20.8. The van der Waals surface area contributed by atoms with Crippen molar-refractivity contribution in [3.05, 3.63) is 0 Å². The van der Waals surface area contributed by atoms with E-state index in [1.807, 2.05) is 5.43 Å². The molecule has 0 spiro atoms. The number of nitrogens with one attached hydrogen (secondary N) is 2. The van der Waals surface area contributed by atoms with Crippen LogP contribution >= 0.6 is 0 Å². The van der Waals surface area contributed by atoms with E-state index in [1.165, 1.54) is 0 Å². The Morgan fingerprint density at radius 2 is 2.15 bits per heavy atom. The maximum atomic E-state index is 11.0. The average Bonchev–Trinajstić information content (AvgIpc) is 2.16. The zero-order valence-corrected chi connectivity index (χ0v) is 7.12. The second kappa shape index (κ2) is 5.50. The van der Waals surface area contributed by atoms with Gasteiger partial charge in [-0.25, -0.2) is 0 Å². The molecule has 2 amide bonds. The number of carbonyl (C=O) groups is 2. The molecule has 74 valence electrons. The van der Waals surface area contributed by atoms with E-state index in [9.17, 15) is 9.59 Å². The van der Waals surface area contributed by atoms with Crippen LogP contribution in [0.3, 0.4) is 0 Å². The minimum Gasteiger partial charge on any atom is -0.352 e. The topological polar surface area (TPSA) is 76.7 Å². The first-order valence-electron chi connectivity index (χ1n) is 4.04. The largest absolute Gasteiger partial charge is 0.352 e. The minimum atomic E-state index is -0.484. The van der Waals surface area contributed by atoms with Crippen LogP contribution in [0.5, 0.6) is 0 Å². The molecule has 1 saturated heterocycles. The van der Waals surface area contributed by atoms with Crippen molar-refractivity contribution < 1.29 is 19.1 Å². The van der Waals surface area contributed by atoms with E-state index in [0.29, 0.717) is 19.6 Å². The zero-order valence-electron chi connectivity index (χ0n) is 7.12. The van der Waals surface area contributed by atoms with Gasteiger partial charge in [-0.3, -0.25) is 20.4 Å². The summed E-state index contributed by atoms with van der Waals surface area (Å²) in [6.45, 7) is 1.22. The zero-order chi connectivity index (χ0) is 9.52. The molecule has 0 saturated carbocycles. The lowest BCUT2D eigenvalue weighted by molar-refractivity contribution is -0.184. The van der Waals surface area contributed by atoms with Gasteiger partial charge >= 0.3 is 0 Å². The first-order chi connectivity index (χ1) is 6.33. The smallest absolute Gasteiger partial charge is 0.243 e. The Hall–Kier alpha value is -1.14. The van der Waals surface area contributed by atoms with Gasteiger partial charge in [0.2, 0.25) is 12.3 Å². The molecule has 2 N–H and O–H groups in total. The molecule has 1 aliphatic heterocycles. The second-order valence-electron chi connectivity index (χ2n) is 2.54. The molecule has 1 fully saturated rings. The van der Waals surface area contributed by atoms with Crippen molar-refractivity contribution in [3.63, 3.8) is 0 Å². The van der Waals surface area contributed by atoms with E-state index < -0.39 is 6.29 Å². The van der Waals surface area contributed by atoms with Crippen molar-refractivity contribution in [1.82, 2.24) is 10.9 Å². The summed E-state index contributed by atoms with van der Waals surface area (Å²) >= 11 is 0. The Kier molecular flexibility index (Phi) is 4.20. The van der Waals surface area contributed by atoms with E-state index in [0.717, 1.165) is 6.42 Å². The summed E-state index contributed by atoms with van der Waals surface area (Å²) in [6, 6.07) is 0. The fraction of sp³-hybridized carbons (Fsp3) is 0.714. The van der Waals surface area contributed by atoms with Crippen molar-refractivity contribution in [1.29, 1.82) is 0 Å². The Morgan fingerprint density at radius 3 is 2.77 bits per heavy atom. The summed E-state index contributed by atoms with van der Waals surface area (Å²) in [5, 5.41) is 0. The minimum absolute atomic E-state index is 0.0981. The standard InChI is InChI=1S/C7H12N2O4/c10-5-8-9-6(11)4-7-12-2-1-3-13-7/h5,7H,1-4H2,(H,8,10)(H,9,11). The molecule has 0 aromatic carbocycles. The van der Waals surface area contributed by atoms with Gasteiger partial charge in [-0.1, -0.05) is 0 Å². The molecular weight excluding hydrogens is 176 g/mol. The Labute approximate surface area is 75.5 Å². The van der Waals surface area contributed by atoms with Gasteiger partial charge in [0.05, 0.1) is 19.6 Å². The van der Waals surface area contributed by atoms with Crippen LogP contribution in [0.4, 0.5) is 0 Å². The van der Waals surface area contributed by atoms with E-state index in [4.69, 9.17) is 9.47 Å². The quantitative estimate of drug-likeness (QED) is 0.434. The monoisotopic (exact) mass is 188 g/mol. The fourth-order valence-corrected chi connectivity index (χ4v) is 0.967. The van der Waals surface area contributed by atoms with E-state index in [2.05, 4.69) is 5.43 Å². The highest BCUT2D eigenvalue weighted by Crippen LogP contribution is 2.07. The Morgan fingerprint density at radius 1 is 1.46 bits per heavy atom. The highest BCUT2D eigenvalue weighted by atomic mass is 16.7. The Balaban J connectivity index is 2.14. The third kappa shape index (κ3) is 3.86. The molecule has 0 unspecified atom stereocenters.